The van der Waals surface area contributed by atoms with Crippen LogP contribution in [0.15, 0.2) is 0 Å². The van der Waals surface area contributed by atoms with E-state index in [-0.39, 0.29) is 5.92 Å². The van der Waals surface area contributed by atoms with Gasteiger partial charge in [0.15, 0.2) is 0 Å². The highest BCUT2D eigenvalue weighted by Gasteiger charge is 1.86. The first-order valence-electron chi connectivity index (χ1n) is 2.02. The number of hydrogen-bond acceptors (Lipinski definition) is 1. The zero-order chi connectivity index (χ0) is 4.99. The van der Waals surface area contributed by atoms with Crippen molar-refractivity contribution in [1.82, 2.24) is 0 Å². The molecule has 0 saturated carbocycles. The predicted molar refractivity (Wildman–Crippen MR) is 25.3 cm³/mol. The highest BCUT2D eigenvalue weighted by atomic mass is 16.5. The van der Waals surface area contributed by atoms with E-state index < -0.39 is 0 Å². The summed E-state index contributed by atoms with van der Waals surface area (Å²) in [6.07, 6.45) is 0. The van der Waals surface area contributed by atoms with Crippen molar-refractivity contribution in [2.24, 2.45) is 5.92 Å². The summed E-state index contributed by atoms with van der Waals surface area (Å²) in [5, 5.41) is 0. The molecule has 0 aromatic heterocycles. The molecule has 0 rings (SSSR count). The van der Waals surface area contributed by atoms with E-state index in [1.165, 1.54) is 0 Å². The Bertz CT molecular complexity index is 25.1. The maximum absolute atomic E-state index is 5.28. The van der Waals surface area contributed by atoms with Gasteiger partial charge in [-0.1, -0.05) is 6.92 Å². The van der Waals surface area contributed by atoms with Crippen LogP contribution in [0.1, 0.15) is 6.92 Å². The minimum absolute atomic E-state index is 0.176. The molecule has 1 unspecified atom stereocenters. The molecule has 0 N–H and O–H groups in total. The highest BCUT2D eigenvalue weighted by Crippen LogP contribution is 1.87. The Morgan fingerprint density at radius 1 is 1.83 bits per heavy atom. The van der Waals surface area contributed by atoms with E-state index in [1.54, 1.807) is 7.11 Å². The van der Waals surface area contributed by atoms with E-state index in [1.807, 2.05) is 6.92 Å². The fraction of sp³-hybridized carbons (Fsp3) is 0.800. The molecule has 1 atom stereocenters. The van der Waals surface area contributed by atoms with Crippen LogP contribution in [0.2, 0.25) is 0 Å². The number of methoxy groups -OCH3 is 1. The van der Waals surface area contributed by atoms with E-state index in [9.17, 15) is 0 Å². The molecule has 6 heavy (non-hydrogen) atoms. The molecular weight excluding hydrogens is 76.1 g/mol. The van der Waals surface area contributed by atoms with Crippen molar-refractivity contribution in [2.45, 2.75) is 6.92 Å². The van der Waals surface area contributed by atoms with Gasteiger partial charge in [0.2, 0.25) is 0 Å². The summed E-state index contributed by atoms with van der Waals surface area (Å²) in [4.78, 5) is 0. The molecule has 0 bridgehead atoms. The monoisotopic (exact) mass is 86.1 g/mol. The van der Waals surface area contributed by atoms with E-state index in [0.29, 0.717) is 6.61 Å². The van der Waals surface area contributed by atoms with Crippen molar-refractivity contribution in [3.05, 3.63) is 6.92 Å². The quantitative estimate of drug-likeness (QED) is 0.486. The van der Waals surface area contributed by atoms with Crippen molar-refractivity contribution in [3.8, 4) is 0 Å². The second-order valence-corrected chi connectivity index (χ2v) is 1.43. The molecule has 1 heteroatoms. The highest BCUT2D eigenvalue weighted by molar-refractivity contribution is 4.48. The number of hydrogen-bond donors (Lipinski definition) is 0. The zero-order valence-electron chi connectivity index (χ0n) is 4.27. The molecule has 0 spiro atoms. The summed E-state index contributed by atoms with van der Waals surface area (Å²) in [5.74, 6) is 0.176. The summed E-state index contributed by atoms with van der Waals surface area (Å²) < 4.78 is 4.68. The fourth-order valence-corrected chi connectivity index (χ4v) is 0.263. The third kappa shape index (κ3) is 3.96. The molecule has 0 aliphatic carbocycles. The van der Waals surface area contributed by atoms with Gasteiger partial charge >= 0.3 is 0 Å². The van der Waals surface area contributed by atoms with Gasteiger partial charge in [-0.25, -0.2) is 0 Å². The maximum Gasteiger partial charge on any atom is 0.0490 e. The average Bonchev–Trinajstić information content (AvgIpc) is 1.35. The summed E-state index contributed by atoms with van der Waals surface area (Å²) in [7, 11) is 1.64. The van der Waals surface area contributed by atoms with Crippen molar-refractivity contribution in [2.75, 3.05) is 13.7 Å². The van der Waals surface area contributed by atoms with Gasteiger partial charge in [-0.2, -0.15) is 0 Å². The molecule has 1 nitrogen and oxygen atoms in total. The Morgan fingerprint density at radius 3 is 2.33 bits per heavy atom. The van der Waals surface area contributed by atoms with Crippen LogP contribution in [-0.4, -0.2) is 13.7 Å². The van der Waals surface area contributed by atoms with Crippen LogP contribution in [0, 0.1) is 12.8 Å². The summed E-state index contributed by atoms with van der Waals surface area (Å²) in [6, 6.07) is 0. The van der Waals surface area contributed by atoms with Crippen molar-refractivity contribution < 1.29 is 4.74 Å². The number of rotatable bonds is 2. The molecule has 0 aliphatic rings. The first kappa shape index (κ1) is 5.96. The van der Waals surface area contributed by atoms with E-state index in [0.717, 1.165) is 0 Å². The molecule has 0 heterocycles. The smallest absolute Gasteiger partial charge is 0.0490 e. The maximum atomic E-state index is 5.28. The summed E-state index contributed by atoms with van der Waals surface area (Å²) >= 11 is 0. The van der Waals surface area contributed by atoms with Gasteiger partial charge in [-0.15, -0.1) is 0 Å². The Morgan fingerprint density at radius 2 is 2.33 bits per heavy atom. The molecule has 0 aliphatic heterocycles. The molecule has 0 fully saturated rings. The largest absolute Gasteiger partial charge is 0.384 e. The lowest BCUT2D eigenvalue weighted by atomic mass is 10.2. The molecule has 0 saturated heterocycles. The number of ether oxygens (including phenoxy) is 1. The lowest BCUT2D eigenvalue weighted by Crippen LogP contribution is -1.96. The van der Waals surface area contributed by atoms with E-state index >= 15 is 0 Å². The van der Waals surface area contributed by atoms with Gasteiger partial charge in [-0.3, -0.25) is 0 Å². The Labute approximate surface area is 39.3 Å². The van der Waals surface area contributed by atoms with E-state index in [2.05, 4.69) is 4.74 Å². The van der Waals surface area contributed by atoms with Crippen molar-refractivity contribution in [1.29, 1.82) is 0 Å². The SMILES string of the molecule is [CH]C(C)COC. The normalized spacial score (nSPS) is 10.0. The first-order chi connectivity index (χ1) is 2.77. The zero-order valence-corrected chi connectivity index (χ0v) is 4.27. The van der Waals surface area contributed by atoms with Gasteiger partial charge in [0.1, 0.15) is 0 Å². The third-order valence-corrected chi connectivity index (χ3v) is 0.430. The molecule has 2 radical (unpaired) electrons. The van der Waals surface area contributed by atoms with Gasteiger partial charge in [0, 0.05) is 13.7 Å². The Kier molecular flexibility index (Phi) is 3.14. The Hall–Kier alpha value is -0.0400. The molecule has 36 valence electrons. The third-order valence-electron chi connectivity index (χ3n) is 0.430. The van der Waals surface area contributed by atoms with Crippen LogP contribution in [0.5, 0.6) is 0 Å². The van der Waals surface area contributed by atoms with Crippen LogP contribution in [0.4, 0.5) is 0 Å². The molecule has 0 aromatic rings. The van der Waals surface area contributed by atoms with Crippen LogP contribution in [0.25, 0.3) is 0 Å². The second kappa shape index (κ2) is 3.16. The van der Waals surface area contributed by atoms with Gasteiger partial charge in [-0.05, 0) is 12.8 Å². The summed E-state index contributed by atoms with van der Waals surface area (Å²) in [6.45, 7) is 7.84. The minimum atomic E-state index is 0.176. The standard InChI is InChI=1S/C5H10O/c1-5(2)4-6-3/h1,5H,4H2,2-3H3. The lowest BCUT2D eigenvalue weighted by Gasteiger charge is -1.97. The lowest BCUT2D eigenvalue weighted by molar-refractivity contribution is 0.175. The first-order valence-corrected chi connectivity index (χ1v) is 2.02. The molecular formula is C5H10O. The van der Waals surface area contributed by atoms with Crippen LogP contribution < -0.4 is 0 Å². The van der Waals surface area contributed by atoms with Crippen LogP contribution in [0.3, 0.4) is 0 Å². The minimum Gasteiger partial charge on any atom is -0.384 e. The fourth-order valence-electron chi connectivity index (χ4n) is 0.263. The topological polar surface area (TPSA) is 9.23 Å². The van der Waals surface area contributed by atoms with E-state index in [4.69, 9.17) is 6.92 Å². The van der Waals surface area contributed by atoms with Gasteiger partial charge in [0.25, 0.3) is 0 Å². The second-order valence-electron chi connectivity index (χ2n) is 1.43. The van der Waals surface area contributed by atoms with Crippen molar-refractivity contribution >= 4 is 0 Å². The van der Waals surface area contributed by atoms with Crippen molar-refractivity contribution in [3.63, 3.8) is 0 Å². The predicted octanol–water partition coefficient (Wildman–Crippen LogP) is 0.980. The molecule has 0 aromatic carbocycles. The molecule has 0 amide bonds. The van der Waals surface area contributed by atoms with Crippen LogP contribution >= 0.6 is 0 Å². The summed E-state index contributed by atoms with van der Waals surface area (Å²) in [5.41, 5.74) is 0. The van der Waals surface area contributed by atoms with Crippen LogP contribution in [-0.2, 0) is 4.74 Å². The van der Waals surface area contributed by atoms with Gasteiger partial charge < -0.3 is 4.74 Å². The average molecular weight is 86.1 g/mol. The van der Waals surface area contributed by atoms with Gasteiger partial charge in [0.05, 0.1) is 0 Å². The Balaban J connectivity index is 2.63.